The van der Waals surface area contributed by atoms with Crippen molar-refractivity contribution in [3.8, 4) is 0 Å². The van der Waals surface area contributed by atoms with Crippen LogP contribution in [0.1, 0.15) is 25.8 Å². The largest absolute Gasteiger partial charge is 0.326 e. The van der Waals surface area contributed by atoms with Gasteiger partial charge in [0.1, 0.15) is 20.1 Å². The maximum Gasteiger partial charge on any atom is 0.326 e. The number of nitrogens with one attached hydrogen (secondary N) is 2. The smallest absolute Gasteiger partial charge is 0.310 e. The predicted octanol–water partition coefficient (Wildman–Crippen LogP) is 3.93. The first kappa shape index (κ1) is 18.8. The number of thiocarbonyl (C=S) groups is 1. The van der Waals surface area contributed by atoms with Crippen molar-refractivity contribution in [3.63, 3.8) is 0 Å². The maximum atomic E-state index is 6.42. The molecule has 2 heterocycles. The molecule has 1 aliphatic rings. The number of anilines is 1. The van der Waals surface area contributed by atoms with E-state index in [0.29, 0.717) is 14.8 Å². The van der Waals surface area contributed by atoms with Gasteiger partial charge >= 0.3 is 5.17 Å². The molecule has 0 radical (unpaired) electrons. The molecule has 2 N–H and O–H groups in total. The number of piperazine rings is 1. The van der Waals surface area contributed by atoms with Crippen LogP contribution in [-0.2, 0) is 10.3 Å². The van der Waals surface area contributed by atoms with Gasteiger partial charge in [-0.2, -0.15) is 0 Å². The SMILES string of the molecule is CC(C)(C)c1nc2cc(Cl)c(NC(=S)O[N+]3(C)CCNCC3)cc2s1. The van der Waals surface area contributed by atoms with Gasteiger partial charge < -0.3 is 10.6 Å². The Kier molecular flexibility index (Phi) is 5.23. The Morgan fingerprint density at radius 2 is 2.04 bits per heavy atom. The average molecular weight is 400 g/mol. The molecule has 1 aliphatic heterocycles. The molecule has 1 fully saturated rings. The van der Waals surface area contributed by atoms with Crippen molar-refractivity contribution in [1.29, 1.82) is 0 Å². The lowest BCUT2D eigenvalue weighted by molar-refractivity contribution is -1.07. The first-order chi connectivity index (χ1) is 11.7. The number of thiazole rings is 1. The third kappa shape index (κ3) is 4.41. The number of nitrogens with zero attached hydrogens (tertiary/aromatic N) is 2. The molecular weight excluding hydrogens is 376 g/mol. The highest BCUT2D eigenvalue weighted by Crippen LogP contribution is 2.35. The predicted molar refractivity (Wildman–Crippen MR) is 109 cm³/mol. The highest BCUT2D eigenvalue weighted by Gasteiger charge is 2.29. The summed E-state index contributed by atoms with van der Waals surface area (Å²) in [4.78, 5) is 10.7. The molecule has 0 bridgehead atoms. The molecule has 0 saturated carbocycles. The molecule has 0 unspecified atom stereocenters. The number of rotatable bonds is 2. The van der Waals surface area contributed by atoms with Gasteiger partial charge in [0.05, 0.1) is 25.9 Å². The van der Waals surface area contributed by atoms with Gasteiger partial charge in [0.25, 0.3) is 0 Å². The van der Waals surface area contributed by atoms with Gasteiger partial charge in [-0.1, -0.05) is 32.4 Å². The van der Waals surface area contributed by atoms with E-state index in [0.717, 1.165) is 47.1 Å². The van der Waals surface area contributed by atoms with E-state index >= 15 is 0 Å². The Morgan fingerprint density at radius 1 is 1.36 bits per heavy atom. The summed E-state index contributed by atoms with van der Waals surface area (Å²) < 4.78 is 1.55. The molecule has 0 spiro atoms. The van der Waals surface area contributed by atoms with E-state index in [-0.39, 0.29) is 5.41 Å². The fourth-order valence-electron chi connectivity index (χ4n) is 2.66. The molecule has 0 amide bonds. The van der Waals surface area contributed by atoms with E-state index in [2.05, 4.69) is 31.4 Å². The van der Waals surface area contributed by atoms with Crippen molar-refractivity contribution in [2.24, 2.45) is 0 Å². The van der Waals surface area contributed by atoms with Crippen molar-refractivity contribution in [2.45, 2.75) is 26.2 Å². The zero-order valence-corrected chi connectivity index (χ0v) is 17.4. The van der Waals surface area contributed by atoms with Crippen molar-refractivity contribution >= 4 is 56.2 Å². The Hall–Kier alpha value is -0.990. The van der Waals surface area contributed by atoms with Crippen LogP contribution in [0.3, 0.4) is 0 Å². The van der Waals surface area contributed by atoms with E-state index in [4.69, 9.17) is 33.6 Å². The summed E-state index contributed by atoms with van der Waals surface area (Å²) in [6, 6.07) is 3.88. The van der Waals surface area contributed by atoms with E-state index in [9.17, 15) is 0 Å². The molecule has 136 valence electrons. The van der Waals surface area contributed by atoms with Crippen LogP contribution in [-0.4, -0.2) is 48.0 Å². The monoisotopic (exact) mass is 399 g/mol. The molecule has 0 atom stereocenters. The lowest BCUT2D eigenvalue weighted by Gasteiger charge is -2.34. The number of benzene rings is 1. The molecule has 25 heavy (non-hydrogen) atoms. The number of aromatic nitrogens is 1. The van der Waals surface area contributed by atoms with Gasteiger partial charge in [-0.3, -0.25) is 4.84 Å². The number of quaternary nitrogens is 1. The Morgan fingerprint density at radius 3 is 2.68 bits per heavy atom. The number of hydrogen-bond acceptors (Lipinski definition) is 5. The van der Waals surface area contributed by atoms with Crippen LogP contribution < -0.4 is 10.6 Å². The first-order valence-electron chi connectivity index (χ1n) is 8.33. The normalized spacial score (nSPS) is 17.5. The van der Waals surface area contributed by atoms with Crippen molar-refractivity contribution in [1.82, 2.24) is 10.3 Å². The van der Waals surface area contributed by atoms with E-state index < -0.39 is 0 Å². The topological polar surface area (TPSA) is 46.2 Å². The number of halogens is 1. The summed E-state index contributed by atoms with van der Waals surface area (Å²) in [5.74, 6) is 0. The third-order valence-electron chi connectivity index (χ3n) is 4.18. The summed E-state index contributed by atoms with van der Waals surface area (Å²) in [7, 11) is 2.04. The van der Waals surface area contributed by atoms with Crippen LogP contribution >= 0.6 is 35.2 Å². The number of fused-ring (bicyclic) bond motifs is 1. The zero-order valence-electron chi connectivity index (χ0n) is 15.0. The molecule has 3 rings (SSSR count). The number of hydrogen-bond donors (Lipinski definition) is 2. The van der Waals surface area contributed by atoms with Crippen molar-refractivity contribution < 1.29 is 9.48 Å². The van der Waals surface area contributed by atoms with Crippen LogP contribution in [0.4, 0.5) is 5.69 Å². The number of likely N-dealkylation sites (N-methyl/N-ethyl adjacent to an activating group) is 1. The van der Waals surface area contributed by atoms with Crippen LogP contribution in [0.15, 0.2) is 12.1 Å². The van der Waals surface area contributed by atoms with E-state index in [1.807, 2.05) is 19.2 Å². The second kappa shape index (κ2) is 6.96. The fraction of sp³-hybridized carbons (Fsp3) is 0.529. The Bertz CT molecular complexity index is 794. The van der Waals surface area contributed by atoms with Gasteiger partial charge in [0.2, 0.25) is 0 Å². The quantitative estimate of drug-likeness (QED) is 0.591. The van der Waals surface area contributed by atoms with E-state index in [1.165, 1.54) is 0 Å². The second-order valence-corrected chi connectivity index (χ2v) is 9.38. The van der Waals surface area contributed by atoms with Crippen LogP contribution in [0.25, 0.3) is 10.2 Å². The average Bonchev–Trinajstić information content (AvgIpc) is 2.90. The molecule has 1 aromatic heterocycles. The molecule has 2 aromatic rings. The summed E-state index contributed by atoms with van der Waals surface area (Å²) in [5.41, 5.74) is 1.69. The molecule has 1 saturated heterocycles. The van der Waals surface area contributed by atoms with Gasteiger partial charge in [0, 0.05) is 18.5 Å². The highest BCUT2D eigenvalue weighted by atomic mass is 35.5. The first-order valence-corrected chi connectivity index (χ1v) is 9.93. The summed E-state index contributed by atoms with van der Waals surface area (Å²) in [6.45, 7) is 10.1. The van der Waals surface area contributed by atoms with Crippen LogP contribution in [0.5, 0.6) is 0 Å². The second-order valence-electron chi connectivity index (χ2n) is 7.57. The maximum absolute atomic E-state index is 6.42. The summed E-state index contributed by atoms with van der Waals surface area (Å²) in [6.07, 6.45) is 0. The molecular formula is C17H24ClN4OS2+. The summed E-state index contributed by atoms with van der Waals surface area (Å²) in [5, 5.41) is 8.48. The lowest BCUT2D eigenvalue weighted by atomic mass is 9.98. The number of hydroxylamine groups is 3. The Balaban J connectivity index is 1.78. The molecule has 0 aliphatic carbocycles. The lowest BCUT2D eigenvalue weighted by Crippen LogP contribution is -2.57. The Labute approximate surface area is 162 Å². The molecule has 1 aromatic carbocycles. The summed E-state index contributed by atoms with van der Waals surface area (Å²) >= 11 is 13.5. The zero-order chi connectivity index (χ0) is 18.2. The van der Waals surface area contributed by atoms with Gasteiger partial charge in [-0.25, -0.2) is 4.98 Å². The minimum atomic E-state index is 0.0171. The molecule has 8 heteroatoms. The van der Waals surface area contributed by atoms with Crippen LogP contribution in [0.2, 0.25) is 5.02 Å². The van der Waals surface area contributed by atoms with E-state index in [1.54, 1.807) is 11.3 Å². The standard InChI is InChI=1S/C17H23ClN4OS2/c1-17(2,3)15-20-13-9-11(18)12(10-14(13)25-15)21-16(24)23-22(4)7-5-19-6-8-22/h9-10,19H,5-8H2,1-4H3/p+1. The minimum absolute atomic E-state index is 0.0171. The van der Waals surface area contributed by atoms with Crippen LogP contribution in [0, 0.1) is 0 Å². The third-order valence-corrected chi connectivity index (χ3v) is 6.12. The minimum Gasteiger partial charge on any atom is -0.310 e. The van der Waals surface area contributed by atoms with Crippen molar-refractivity contribution in [2.75, 3.05) is 38.5 Å². The van der Waals surface area contributed by atoms with Gasteiger partial charge in [-0.05, 0) is 24.4 Å². The molecule has 5 nitrogen and oxygen atoms in total. The van der Waals surface area contributed by atoms with Gasteiger partial charge in [-0.15, -0.1) is 16.0 Å². The fourth-order valence-corrected chi connectivity index (χ4v) is 4.20. The highest BCUT2D eigenvalue weighted by molar-refractivity contribution is 7.80. The van der Waals surface area contributed by atoms with Gasteiger partial charge in [0.15, 0.2) is 0 Å². The van der Waals surface area contributed by atoms with Crippen molar-refractivity contribution in [3.05, 3.63) is 22.2 Å².